The van der Waals surface area contributed by atoms with Crippen LogP contribution in [-0.4, -0.2) is 10.1 Å². The molecule has 100 valence electrons. The van der Waals surface area contributed by atoms with Gasteiger partial charge in [0.2, 0.25) is 0 Å². The number of hydrogen-bond acceptors (Lipinski definition) is 2. The molecule has 0 fully saturated rings. The Morgan fingerprint density at radius 2 is 1.55 bits per heavy atom. The van der Waals surface area contributed by atoms with Gasteiger partial charge in [0.05, 0.1) is 6.07 Å². The Morgan fingerprint density at radius 3 is 2.05 bits per heavy atom. The van der Waals surface area contributed by atoms with Gasteiger partial charge in [-0.25, -0.2) is 0 Å². The summed E-state index contributed by atoms with van der Waals surface area (Å²) in [5, 5.41) is 11.6. The summed E-state index contributed by atoms with van der Waals surface area (Å²) in [6, 6.07) is 18.9. The van der Waals surface area contributed by atoms with E-state index in [9.17, 15) is 0 Å². The molecule has 0 amide bonds. The lowest BCUT2D eigenvalue weighted by Gasteiger charge is -2.16. The van der Waals surface area contributed by atoms with Crippen molar-refractivity contribution >= 4 is 21.8 Å². The summed E-state index contributed by atoms with van der Waals surface area (Å²) >= 11 is 0. The fourth-order valence-electron chi connectivity index (χ4n) is 2.64. The van der Waals surface area contributed by atoms with E-state index in [2.05, 4.69) is 47.0 Å². The highest BCUT2D eigenvalue weighted by Gasteiger charge is 2.18. The fourth-order valence-corrected chi connectivity index (χ4v) is 2.64. The maximum atomic E-state index is 9.06. The largest absolute Gasteiger partial charge is 0.340 e. The van der Waals surface area contributed by atoms with E-state index >= 15 is 0 Å². The van der Waals surface area contributed by atoms with Gasteiger partial charge >= 0.3 is 0 Å². The zero-order chi connectivity index (χ0) is 14.2. The molecule has 0 bridgehead atoms. The number of aryl methyl sites for hydroxylation is 1. The molecule has 3 rings (SSSR count). The fraction of sp³-hybridized carbons (Fsp3) is 0.235. The van der Waals surface area contributed by atoms with Gasteiger partial charge in [0.1, 0.15) is 5.54 Å². The number of fused-ring (bicyclic) bond motifs is 3. The predicted molar refractivity (Wildman–Crippen MR) is 82.3 cm³/mol. The minimum absolute atomic E-state index is 0.631. The normalized spacial score (nSPS) is 14.2. The molecule has 3 aromatic rings. The molecule has 1 unspecified atom stereocenters. The molecule has 0 aliphatic rings. The first kappa shape index (κ1) is 12.7. The van der Waals surface area contributed by atoms with E-state index < -0.39 is 5.54 Å². The number of nitrogens with two attached hydrogens (primary N) is 1. The number of rotatable bonds is 3. The van der Waals surface area contributed by atoms with E-state index in [0.717, 1.165) is 6.54 Å². The zero-order valence-electron chi connectivity index (χ0n) is 11.5. The molecule has 20 heavy (non-hydrogen) atoms. The Bertz CT molecular complexity index is 753. The van der Waals surface area contributed by atoms with Crippen LogP contribution in [0.25, 0.3) is 21.8 Å². The first-order valence-corrected chi connectivity index (χ1v) is 6.78. The van der Waals surface area contributed by atoms with Crippen molar-refractivity contribution in [2.75, 3.05) is 0 Å². The SMILES string of the molecule is CC(N)(C#N)CCn1c2ccccc2c2ccccc21. The van der Waals surface area contributed by atoms with Gasteiger partial charge in [0.25, 0.3) is 0 Å². The first-order chi connectivity index (χ1) is 9.62. The molecule has 3 heteroatoms. The topological polar surface area (TPSA) is 54.7 Å². The number of benzene rings is 2. The van der Waals surface area contributed by atoms with Crippen molar-refractivity contribution in [1.82, 2.24) is 4.57 Å². The lowest BCUT2D eigenvalue weighted by atomic mass is 10.0. The molecule has 1 heterocycles. The highest BCUT2D eigenvalue weighted by atomic mass is 15.0. The van der Waals surface area contributed by atoms with Crippen LogP contribution in [0.4, 0.5) is 0 Å². The standard InChI is InChI=1S/C17H17N3/c1-17(19,12-18)10-11-20-15-8-4-2-6-13(15)14-7-3-5-9-16(14)20/h2-9H,10-11,19H2,1H3. The minimum atomic E-state index is -0.785. The van der Waals surface area contributed by atoms with Crippen LogP contribution in [0.5, 0.6) is 0 Å². The summed E-state index contributed by atoms with van der Waals surface area (Å²) in [6.45, 7) is 2.52. The Labute approximate surface area is 118 Å². The molecule has 3 nitrogen and oxygen atoms in total. The minimum Gasteiger partial charge on any atom is -0.340 e. The highest BCUT2D eigenvalue weighted by molar-refractivity contribution is 6.07. The van der Waals surface area contributed by atoms with Gasteiger partial charge in [-0.15, -0.1) is 0 Å². The van der Waals surface area contributed by atoms with Crippen LogP contribution >= 0.6 is 0 Å². The van der Waals surface area contributed by atoms with Crippen LogP contribution in [0.1, 0.15) is 13.3 Å². The zero-order valence-corrected chi connectivity index (χ0v) is 11.5. The average molecular weight is 263 g/mol. The third-order valence-electron chi connectivity index (χ3n) is 3.79. The summed E-state index contributed by atoms with van der Waals surface area (Å²) in [6.07, 6.45) is 0.631. The van der Waals surface area contributed by atoms with Gasteiger partial charge in [-0.3, -0.25) is 0 Å². The molecule has 1 aromatic heterocycles. The smallest absolute Gasteiger partial charge is 0.103 e. The molecule has 2 aromatic carbocycles. The third-order valence-corrected chi connectivity index (χ3v) is 3.79. The Balaban J connectivity index is 2.15. The Morgan fingerprint density at radius 1 is 1.05 bits per heavy atom. The second kappa shape index (κ2) is 4.66. The summed E-state index contributed by atoms with van der Waals surface area (Å²) in [5.41, 5.74) is 7.55. The van der Waals surface area contributed by atoms with E-state index in [-0.39, 0.29) is 0 Å². The monoisotopic (exact) mass is 263 g/mol. The average Bonchev–Trinajstić information content (AvgIpc) is 2.80. The second-order valence-corrected chi connectivity index (χ2v) is 5.47. The highest BCUT2D eigenvalue weighted by Crippen LogP contribution is 2.29. The Kier molecular flexibility index (Phi) is 2.96. The van der Waals surface area contributed by atoms with E-state index in [1.165, 1.54) is 21.8 Å². The van der Waals surface area contributed by atoms with Crippen LogP contribution in [0.15, 0.2) is 48.5 Å². The molecule has 0 radical (unpaired) electrons. The number of hydrogen-bond donors (Lipinski definition) is 1. The molecule has 0 aliphatic heterocycles. The molecule has 2 N–H and O–H groups in total. The summed E-state index contributed by atoms with van der Waals surface area (Å²) in [4.78, 5) is 0. The molecule has 0 saturated heterocycles. The lowest BCUT2D eigenvalue weighted by molar-refractivity contribution is 0.502. The van der Waals surface area contributed by atoms with Crippen LogP contribution in [0, 0.1) is 11.3 Å². The van der Waals surface area contributed by atoms with Crippen LogP contribution in [0.3, 0.4) is 0 Å². The van der Waals surface area contributed by atoms with E-state index in [1.807, 2.05) is 12.1 Å². The van der Waals surface area contributed by atoms with Crippen molar-refractivity contribution in [2.24, 2.45) is 5.73 Å². The van der Waals surface area contributed by atoms with Gasteiger partial charge in [-0.2, -0.15) is 5.26 Å². The van der Waals surface area contributed by atoms with Crippen molar-refractivity contribution in [3.05, 3.63) is 48.5 Å². The number of para-hydroxylation sites is 2. The third kappa shape index (κ3) is 2.04. The predicted octanol–water partition coefficient (Wildman–Crippen LogP) is 3.43. The Hall–Kier alpha value is -2.31. The van der Waals surface area contributed by atoms with Crippen LogP contribution < -0.4 is 5.73 Å². The van der Waals surface area contributed by atoms with Crippen molar-refractivity contribution in [3.63, 3.8) is 0 Å². The quantitative estimate of drug-likeness (QED) is 0.787. The lowest BCUT2D eigenvalue weighted by Crippen LogP contribution is -2.35. The maximum absolute atomic E-state index is 9.06. The van der Waals surface area contributed by atoms with Gasteiger partial charge in [-0.05, 0) is 25.5 Å². The van der Waals surface area contributed by atoms with Crippen LogP contribution in [-0.2, 0) is 6.54 Å². The number of nitriles is 1. The van der Waals surface area contributed by atoms with Crippen molar-refractivity contribution in [3.8, 4) is 6.07 Å². The van der Waals surface area contributed by atoms with E-state index in [4.69, 9.17) is 11.0 Å². The van der Waals surface area contributed by atoms with Crippen LogP contribution in [0.2, 0.25) is 0 Å². The summed E-state index contributed by atoms with van der Waals surface area (Å²) in [5.74, 6) is 0. The van der Waals surface area contributed by atoms with Gasteiger partial charge in [0, 0.05) is 28.4 Å². The molecule has 0 aliphatic carbocycles. The van der Waals surface area contributed by atoms with E-state index in [1.54, 1.807) is 6.92 Å². The van der Waals surface area contributed by atoms with Gasteiger partial charge < -0.3 is 10.3 Å². The summed E-state index contributed by atoms with van der Waals surface area (Å²) < 4.78 is 2.26. The molecule has 1 atom stereocenters. The molecular weight excluding hydrogens is 246 g/mol. The van der Waals surface area contributed by atoms with Gasteiger partial charge in [0.15, 0.2) is 0 Å². The van der Waals surface area contributed by atoms with E-state index in [0.29, 0.717) is 6.42 Å². The van der Waals surface area contributed by atoms with Crippen molar-refractivity contribution in [2.45, 2.75) is 25.4 Å². The molecule has 0 spiro atoms. The van der Waals surface area contributed by atoms with Gasteiger partial charge in [-0.1, -0.05) is 36.4 Å². The number of aromatic nitrogens is 1. The maximum Gasteiger partial charge on any atom is 0.103 e. The van der Waals surface area contributed by atoms with Crippen molar-refractivity contribution < 1.29 is 0 Å². The second-order valence-electron chi connectivity index (χ2n) is 5.47. The first-order valence-electron chi connectivity index (χ1n) is 6.78. The molecule has 0 saturated carbocycles. The molecular formula is C17H17N3. The summed E-state index contributed by atoms with van der Waals surface area (Å²) in [7, 11) is 0. The number of nitrogens with zero attached hydrogens (tertiary/aromatic N) is 2. The van der Waals surface area contributed by atoms with Crippen molar-refractivity contribution in [1.29, 1.82) is 5.26 Å².